The number of fused-ring (bicyclic) bond motifs is 3. The van der Waals surface area contributed by atoms with Crippen LogP contribution in [0.15, 0.2) is 15.8 Å². The molecule has 1 aromatic heterocycles. The number of carboxylic acids is 3. The van der Waals surface area contributed by atoms with E-state index in [-0.39, 0.29) is 33.0 Å². The summed E-state index contributed by atoms with van der Waals surface area (Å²) in [5.41, 5.74) is -1.33. The fourth-order valence-electron chi connectivity index (χ4n) is 2.73. The minimum Gasteiger partial charge on any atom is -0.503 e. The Bertz CT molecular complexity index is 1280. The summed E-state index contributed by atoms with van der Waals surface area (Å²) in [7, 11) is -5.22. The molecule has 158 valence electrons. The van der Waals surface area contributed by atoms with Gasteiger partial charge in [0, 0.05) is 16.3 Å². The lowest BCUT2D eigenvalue weighted by molar-refractivity contribution is -0.148. The number of aromatic hydroxyl groups is 1. The second-order valence-electron chi connectivity index (χ2n) is 5.66. The molecular weight excluding hydrogens is 468 g/mol. The first-order chi connectivity index (χ1) is 13.8. The van der Waals surface area contributed by atoms with Gasteiger partial charge in [-0.15, -0.1) is 23.1 Å². The number of hydrogen-bond acceptors (Lipinski definition) is 10. The topological polar surface area (TPSA) is 213 Å². The Morgan fingerprint density at radius 3 is 2.20 bits per heavy atom. The predicted molar refractivity (Wildman–Crippen MR) is 101 cm³/mol. The third-order valence-electron chi connectivity index (χ3n) is 3.87. The number of hydrogen-bond donors (Lipinski definition) is 5. The first-order valence-corrected chi connectivity index (χ1v) is 10.5. The minimum atomic E-state index is -5.22. The Labute approximate surface area is 174 Å². The Kier molecular flexibility index (Phi) is 5.23. The number of phenolic OH excluding ortho intramolecular Hbond substituents is 1. The van der Waals surface area contributed by atoms with Crippen molar-refractivity contribution in [1.82, 2.24) is 0 Å². The van der Waals surface area contributed by atoms with E-state index in [1.165, 1.54) is 0 Å². The fraction of sp³-hybridized carbons (Fsp3) is 0.0667. The molecule has 12 nitrogen and oxygen atoms in total. The smallest absolute Gasteiger partial charge is 0.446 e. The average Bonchev–Trinajstić information content (AvgIpc) is 3.08. The number of thiophene rings is 1. The molecule has 1 aliphatic rings. The first-order valence-electron chi connectivity index (χ1n) is 7.42. The van der Waals surface area contributed by atoms with Crippen molar-refractivity contribution in [3.8, 4) is 11.5 Å². The van der Waals surface area contributed by atoms with Crippen LogP contribution in [0.1, 0.15) is 15.9 Å². The van der Waals surface area contributed by atoms with Gasteiger partial charge in [-0.25, -0.2) is 14.4 Å². The zero-order valence-corrected chi connectivity index (χ0v) is 16.5. The standard InChI is InChI=1S/C15H8O12S3/c16-7-9(27-30(24,25)26)11-3(6-5(14(20)21)2-28-12(6)7)1-4(13(18)19)10(29-11)8(17)15(22)23/h1-2,10,16H,(H,18,19)(H,20,21)(H,22,23)(H,24,25,26). The summed E-state index contributed by atoms with van der Waals surface area (Å²) in [4.78, 5) is 45.8. The lowest BCUT2D eigenvalue weighted by atomic mass is 9.99. The SMILES string of the molecule is O=C(O)C(=O)C1Sc2c(OS(=O)(=O)O)c(O)c3scc(C(=O)O)c3c2C=C1C(=O)O. The highest BCUT2D eigenvalue weighted by Gasteiger charge is 2.40. The Morgan fingerprint density at radius 1 is 1.07 bits per heavy atom. The molecule has 3 rings (SSSR count). The van der Waals surface area contributed by atoms with Gasteiger partial charge < -0.3 is 24.6 Å². The van der Waals surface area contributed by atoms with E-state index in [2.05, 4.69) is 4.18 Å². The largest absolute Gasteiger partial charge is 0.503 e. The molecule has 0 saturated heterocycles. The van der Waals surface area contributed by atoms with Crippen molar-refractivity contribution >= 4 is 73.4 Å². The molecule has 2 heterocycles. The van der Waals surface area contributed by atoms with Crippen LogP contribution in [-0.2, 0) is 24.8 Å². The summed E-state index contributed by atoms with van der Waals surface area (Å²) < 4.78 is 35.7. The predicted octanol–water partition coefficient (Wildman–Crippen LogP) is 1.08. The number of aromatic carboxylic acids is 1. The van der Waals surface area contributed by atoms with Gasteiger partial charge >= 0.3 is 28.3 Å². The molecule has 1 atom stereocenters. The number of rotatable bonds is 6. The summed E-state index contributed by atoms with van der Waals surface area (Å²) in [6.07, 6.45) is 0.803. The van der Waals surface area contributed by atoms with Crippen molar-refractivity contribution in [3.05, 3.63) is 22.1 Å². The quantitative estimate of drug-likeness (QED) is 0.292. The van der Waals surface area contributed by atoms with E-state index in [1.54, 1.807) is 0 Å². The maximum atomic E-state index is 12.0. The summed E-state index contributed by atoms with van der Waals surface area (Å²) in [6, 6.07) is 0. The molecule has 1 aliphatic heterocycles. The third kappa shape index (κ3) is 3.58. The molecule has 1 unspecified atom stereocenters. The Morgan fingerprint density at radius 2 is 1.70 bits per heavy atom. The molecule has 15 heteroatoms. The molecule has 0 amide bonds. The van der Waals surface area contributed by atoms with Gasteiger partial charge in [0.1, 0.15) is 5.25 Å². The number of carbonyl (C=O) groups is 4. The normalized spacial score (nSPS) is 15.9. The Hall–Kier alpha value is -3.14. The molecule has 2 aromatic rings. The van der Waals surface area contributed by atoms with Crippen molar-refractivity contribution in [2.45, 2.75) is 10.1 Å². The van der Waals surface area contributed by atoms with Gasteiger partial charge in [0.25, 0.3) is 5.78 Å². The monoisotopic (exact) mass is 476 g/mol. The highest BCUT2D eigenvalue weighted by atomic mass is 32.3. The van der Waals surface area contributed by atoms with E-state index in [9.17, 15) is 42.9 Å². The van der Waals surface area contributed by atoms with Gasteiger partial charge in [-0.2, -0.15) is 8.42 Å². The lowest BCUT2D eigenvalue weighted by Crippen LogP contribution is -2.31. The van der Waals surface area contributed by atoms with Crippen LogP contribution < -0.4 is 4.18 Å². The maximum absolute atomic E-state index is 12.0. The van der Waals surface area contributed by atoms with E-state index in [0.29, 0.717) is 11.3 Å². The first kappa shape index (κ1) is 21.6. The fourth-order valence-corrected chi connectivity index (χ4v) is 5.43. The van der Waals surface area contributed by atoms with E-state index in [0.717, 1.165) is 11.5 Å². The number of carbonyl (C=O) groups excluding carboxylic acids is 1. The average molecular weight is 476 g/mol. The van der Waals surface area contributed by atoms with Gasteiger partial charge in [-0.1, -0.05) is 0 Å². The van der Waals surface area contributed by atoms with Crippen LogP contribution in [0, 0.1) is 0 Å². The van der Waals surface area contributed by atoms with Crippen molar-refractivity contribution in [3.63, 3.8) is 0 Å². The van der Waals surface area contributed by atoms with E-state index < -0.39 is 61.3 Å². The van der Waals surface area contributed by atoms with Crippen LogP contribution in [0.3, 0.4) is 0 Å². The number of Topliss-reactive ketones (excluding diaryl/α,β-unsaturated/α-hetero) is 1. The third-order valence-corrected chi connectivity index (χ3v) is 6.58. The van der Waals surface area contributed by atoms with Crippen molar-refractivity contribution in [2.24, 2.45) is 0 Å². The molecule has 0 fully saturated rings. The molecule has 0 spiro atoms. The summed E-state index contributed by atoms with van der Waals surface area (Å²) in [5.74, 6) is -8.50. The summed E-state index contributed by atoms with van der Waals surface area (Å²) in [6.45, 7) is 0. The number of ketones is 1. The molecule has 1 aromatic carbocycles. The van der Waals surface area contributed by atoms with Crippen LogP contribution in [0.2, 0.25) is 0 Å². The van der Waals surface area contributed by atoms with Gasteiger partial charge in [0.2, 0.25) is 5.75 Å². The highest BCUT2D eigenvalue weighted by Crippen LogP contribution is 2.53. The van der Waals surface area contributed by atoms with Crippen LogP contribution in [0.4, 0.5) is 0 Å². The molecule has 0 radical (unpaired) electrons. The number of carboxylic acid groups (broad SMARTS) is 3. The minimum absolute atomic E-state index is 0.185. The molecule has 0 aliphatic carbocycles. The zero-order chi connectivity index (χ0) is 22.5. The maximum Gasteiger partial charge on any atom is 0.446 e. The van der Waals surface area contributed by atoms with Crippen LogP contribution in [0.5, 0.6) is 11.5 Å². The van der Waals surface area contributed by atoms with Gasteiger partial charge in [-0.3, -0.25) is 9.35 Å². The lowest BCUT2D eigenvalue weighted by Gasteiger charge is -2.24. The summed E-state index contributed by atoms with van der Waals surface area (Å²) >= 11 is 0.891. The van der Waals surface area contributed by atoms with Crippen LogP contribution in [0.25, 0.3) is 16.2 Å². The number of thioether (sulfide) groups is 1. The molecular formula is C15H8O12S3. The molecule has 0 bridgehead atoms. The van der Waals surface area contributed by atoms with Crippen molar-refractivity contribution < 1.29 is 56.8 Å². The zero-order valence-electron chi connectivity index (χ0n) is 14.1. The van der Waals surface area contributed by atoms with E-state index in [1.807, 2.05) is 0 Å². The van der Waals surface area contributed by atoms with E-state index >= 15 is 0 Å². The second-order valence-corrected chi connectivity index (χ2v) is 8.68. The van der Waals surface area contributed by atoms with Gasteiger partial charge in [-0.05, 0) is 6.08 Å². The number of phenols is 1. The highest BCUT2D eigenvalue weighted by molar-refractivity contribution is 8.01. The van der Waals surface area contributed by atoms with Crippen LogP contribution >= 0.6 is 23.1 Å². The number of benzene rings is 1. The summed E-state index contributed by atoms with van der Waals surface area (Å²) in [5, 5.41) is 37.3. The van der Waals surface area contributed by atoms with Crippen LogP contribution in [-0.4, -0.2) is 62.3 Å². The second kappa shape index (κ2) is 7.28. The van der Waals surface area contributed by atoms with E-state index in [4.69, 9.17) is 9.66 Å². The molecule has 30 heavy (non-hydrogen) atoms. The van der Waals surface area contributed by atoms with Gasteiger partial charge in [0.05, 0.1) is 20.7 Å². The van der Waals surface area contributed by atoms with Gasteiger partial charge in [0.15, 0.2) is 5.75 Å². The number of aliphatic carboxylic acids is 2. The molecule has 0 saturated carbocycles. The Balaban J connectivity index is 2.46. The van der Waals surface area contributed by atoms with Crippen molar-refractivity contribution in [2.75, 3.05) is 0 Å². The molecule has 5 N–H and O–H groups in total. The van der Waals surface area contributed by atoms with Crippen molar-refractivity contribution in [1.29, 1.82) is 0 Å².